The van der Waals surface area contributed by atoms with Crippen LogP contribution in [0.25, 0.3) is 0 Å². The maximum Gasteiger partial charge on any atom is 0.240 e. The molecule has 24 heavy (non-hydrogen) atoms. The summed E-state index contributed by atoms with van der Waals surface area (Å²) in [6.45, 7) is 0. The molecule has 0 aliphatic heterocycles. The molecule has 2 atom stereocenters. The predicted octanol–water partition coefficient (Wildman–Crippen LogP) is 3.11. The highest BCUT2D eigenvalue weighted by atomic mass is 79.9. The van der Waals surface area contributed by atoms with Gasteiger partial charge in [0, 0.05) is 16.9 Å². The minimum Gasteiger partial charge on any atom is -0.370 e. The van der Waals surface area contributed by atoms with Gasteiger partial charge in [-0.15, -0.1) is 0 Å². The van der Waals surface area contributed by atoms with Crippen molar-refractivity contribution in [2.45, 2.75) is 49.5 Å². The lowest BCUT2D eigenvalue weighted by atomic mass is 10.1. The van der Waals surface area contributed by atoms with Gasteiger partial charge >= 0.3 is 0 Å². The highest BCUT2D eigenvalue weighted by Crippen LogP contribution is 2.28. The van der Waals surface area contributed by atoms with Crippen molar-refractivity contribution in [3.05, 3.63) is 40.9 Å². The van der Waals surface area contributed by atoms with E-state index in [1.54, 1.807) is 24.3 Å². The predicted molar refractivity (Wildman–Crippen MR) is 97.8 cm³/mol. The molecule has 1 saturated carbocycles. The number of halogens is 1. The van der Waals surface area contributed by atoms with Crippen LogP contribution in [0.1, 0.15) is 38.5 Å². The van der Waals surface area contributed by atoms with Crippen LogP contribution in [0.2, 0.25) is 0 Å². The number of unbranched alkanes of at least 4 members (excludes halogenated alkanes) is 1. The lowest BCUT2D eigenvalue weighted by molar-refractivity contribution is -0.118. The summed E-state index contributed by atoms with van der Waals surface area (Å²) < 4.78 is 28.4. The van der Waals surface area contributed by atoms with E-state index in [0.29, 0.717) is 12.3 Å². The molecule has 1 aromatic rings. The van der Waals surface area contributed by atoms with Gasteiger partial charge in [0.25, 0.3) is 0 Å². The molecule has 1 aliphatic carbocycles. The molecule has 0 spiro atoms. The van der Waals surface area contributed by atoms with E-state index < -0.39 is 10.0 Å². The maximum absolute atomic E-state index is 12.4. The second kappa shape index (κ2) is 8.78. The number of allylic oxidation sites excluding steroid dienone is 2. The lowest BCUT2D eigenvalue weighted by Crippen LogP contribution is -2.32. The first-order valence-corrected chi connectivity index (χ1v) is 10.4. The van der Waals surface area contributed by atoms with Crippen molar-refractivity contribution in [2.75, 3.05) is 0 Å². The number of primary amides is 1. The average Bonchev–Trinajstić information content (AvgIpc) is 2.93. The summed E-state index contributed by atoms with van der Waals surface area (Å²) in [5.74, 6) is 0.114. The monoisotopic (exact) mass is 414 g/mol. The number of benzene rings is 1. The number of sulfonamides is 1. The quantitative estimate of drug-likeness (QED) is 0.505. The van der Waals surface area contributed by atoms with E-state index in [9.17, 15) is 13.2 Å². The van der Waals surface area contributed by atoms with Gasteiger partial charge < -0.3 is 5.73 Å². The summed E-state index contributed by atoms with van der Waals surface area (Å²) in [6.07, 6.45) is 8.82. The third kappa shape index (κ3) is 6.03. The van der Waals surface area contributed by atoms with Crippen molar-refractivity contribution in [3.8, 4) is 0 Å². The molecule has 0 aromatic heterocycles. The minimum absolute atomic E-state index is 0.0288. The number of amides is 1. The van der Waals surface area contributed by atoms with Crippen molar-refractivity contribution < 1.29 is 13.2 Å². The van der Waals surface area contributed by atoms with Gasteiger partial charge in [-0.05, 0) is 62.3 Å². The fourth-order valence-electron chi connectivity index (χ4n) is 2.88. The second-order valence-corrected chi connectivity index (χ2v) is 8.76. The number of nitrogens with one attached hydrogen (secondary N) is 1. The van der Waals surface area contributed by atoms with E-state index in [2.05, 4.69) is 32.8 Å². The molecule has 3 N–H and O–H groups in total. The van der Waals surface area contributed by atoms with Crippen LogP contribution >= 0.6 is 15.9 Å². The number of carbonyl (C=O) groups is 1. The molecule has 1 aliphatic rings. The fourth-order valence-corrected chi connectivity index (χ4v) is 4.43. The number of carbonyl (C=O) groups excluding carboxylic acids is 1. The molecule has 2 unspecified atom stereocenters. The van der Waals surface area contributed by atoms with Gasteiger partial charge in [0.1, 0.15) is 0 Å². The molecule has 0 saturated heterocycles. The molecule has 1 fully saturated rings. The maximum atomic E-state index is 12.4. The van der Waals surface area contributed by atoms with E-state index in [1.165, 1.54) is 0 Å². The molecule has 5 nitrogen and oxygen atoms in total. The molecule has 0 heterocycles. The summed E-state index contributed by atoms with van der Waals surface area (Å²) in [5, 5.41) is 0. The van der Waals surface area contributed by atoms with Gasteiger partial charge in [-0.3, -0.25) is 4.79 Å². The smallest absolute Gasteiger partial charge is 0.240 e. The van der Waals surface area contributed by atoms with E-state index in [0.717, 1.165) is 36.6 Å². The number of hydrogen-bond donors (Lipinski definition) is 2. The van der Waals surface area contributed by atoms with Crippen molar-refractivity contribution in [3.63, 3.8) is 0 Å². The first-order valence-electron chi connectivity index (χ1n) is 8.09. The Kier molecular flexibility index (Phi) is 7.01. The van der Waals surface area contributed by atoms with Crippen LogP contribution in [-0.4, -0.2) is 20.4 Å². The second-order valence-electron chi connectivity index (χ2n) is 6.13. The molecule has 2 rings (SSSR count). The molecular weight excluding hydrogens is 392 g/mol. The molecule has 7 heteroatoms. The number of nitrogens with two attached hydrogens (primary N) is 1. The number of hydrogen-bond acceptors (Lipinski definition) is 3. The Bertz CT molecular complexity index is 686. The van der Waals surface area contributed by atoms with Crippen LogP contribution in [0.15, 0.2) is 45.8 Å². The Labute approximate surface area is 151 Å². The third-order valence-electron chi connectivity index (χ3n) is 4.12. The average molecular weight is 415 g/mol. The van der Waals surface area contributed by atoms with E-state index in [1.807, 2.05) is 0 Å². The Morgan fingerprint density at radius 2 is 2.00 bits per heavy atom. The largest absolute Gasteiger partial charge is 0.370 e. The summed E-state index contributed by atoms with van der Waals surface area (Å²) in [7, 11) is -3.47. The van der Waals surface area contributed by atoms with Crippen LogP contribution in [0, 0.1) is 5.92 Å². The van der Waals surface area contributed by atoms with Crippen molar-refractivity contribution >= 4 is 31.9 Å². The Morgan fingerprint density at radius 3 is 2.67 bits per heavy atom. The lowest BCUT2D eigenvalue weighted by Gasteiger charge is -2.13. The van der Waals surface area contributed by atoms with Crippen LogP contribution in [0.4, 0.5) is 0 Å². The third-order valence-corrected chi connectivity index (χ3v) is 6.19. The molecule has 1 aromatic carbocycles. The highest BCUT2D eigenvalue weighted by molar-refractivity contribution is 9.10. The van der Waals surface area contributed by atoms with E-state index in [-0.39, 0.29) is 16.8 Å². The van der Waals surface area contributed by atoms with Gasteiger partial charge in [-0.2, -0.15) is 0 Å². The molecule has 0 radical (unpaired) electrons. The molecular formula is C17H23BrN2O3S. The van der Waals surface area contributed by atoms with Crippen molar-refractivity contribution in [1.82, 2.24) is 4.72 Å². The van der Waals surface area contributed by atoms with Crippen molar-refractivity contribution in [1.29, 1.82) is 0 Å². The first kappa shape index (κ1) is 19.1. The fraction of sp³-hybridized carbons (Fsp3) is 0.471. The molecule has 1 amide bonds. The van der Waals surface area contributed by atoms with Gasteiger partial charge in [0.2, 0.25) is 15.9 Å². The zero-order chi connectivity index (χ0) is 17.6. The van der Waals surface area contributed by atoms with Gasteiger partial charge in [-0.25, -0.2) is 13.1 Å². The normalized spacial score (nSPS) is 21.4. The molecule has 132 valence electrons. The SMILES string of the molecule is NC(=O)CCC/C=C\C1CCC(NS(=O)(=O)c2ccc(Br)cc2)C1. The van der Waals surface area contributed by atoms with Gasteiger partial charge in [0.15, 0.2) is 0 Å². The number of rotatable bonds is 8. The zero-order valence-corrected chi connectivity index (χ0v) is 15.9. The minimum atomic E-state index is -3.47. The van der Waals surface area contributed by atoms with Crippen LogP contribution < -0.4 is 10.5 Å². The van der Waals surface area contributed by atoms with Crippen LogP contribution in [0.5, 0.6) is 0 Å². The Morgan fingerprint density at radius 1 is 1.29 bits per heavy atom. The highest BCUT2D eigenvalue weighted by Gasteiger charge is 2.27. The summed E-state index contributed by atoms with van der Waals surface area (Å²) in [6, 6.07) is 6.61. The topological polar surface area (TPSA) is 89.3 Å². The summed E-state index contributed by atoms with van der Waals surface area (Å²) in [4.78, 5) is 10.9. The summed E-state index contributed by atoms with van der Waals surface area (Å²) in [5.41, 5.74) is 5.10. The zero-order valence-electron chi connectivity index (χ0n) is 13.4. The van der Waals surface area contributed by atoms with Crippen LogP contribution in [0.3, 0.4) is 0 Å². The van der Waals surface area contributed by atoms with E-state index in [4.69, 9.17) is 5.73 Å². The van der Waals surface area contributed by atoms with E-state index >= 15 is 0 Å². The Balaban J connectivity index is 1.81. The van der Waals surface area contributed by atoms with Crippen molar-refractivity contribution in [2.24, 2.45) is 11.7 Å². The standard InChI is InChI=1S/C17H23BrN2O3S/c18-14-7-10-16(11-8-14)24(22,23)20-15-9-6-13(12-15)4-2-1-3-5-17(19)21/h2,4,7-8,10-11,13,15,20H,1,3,5-6,9,12H2,(H2,19,21)/b4-2-. The summed E-state index contributed by atoms with van der Waals surface area (Å²) >= 11 is 3.30. The Hall–Kier alpha value is -1.18. The first-order chi connectivity index (χ1) is 11.4. The molecule has 0 bridgehead atoms. The van der Waals surface area contributed by atoms with Crippen LogP contribution in [-0.2, 0) is 14.8 Å². The van der Waals surface area contributed by atoms with Gasteiger partial charge in [0.05, 0.1) is 4.90 Å². The van der Waals surface area contributed by atoms with Gasteiger partial charge in [-0.1, -0.05) is 28.1 Å².